The Labute approximate surface area is 151 Å². The maximum atomic E-state index is 12.9. The fraction of sp³-hybridized carbons (Fsp3) is 0.368. The first-order chi connectivity index (χ1) is 12.1. The highest BCUT2D eigenvalue weighted by molar-refractivity contribution is 8.00. The summed E-state index contributed by atoms with van der Waals surface area (Å²) in [6.07, 6.45) is 7.54. The monoisotopic (exact) mass is 354 g/mol. The third-order valence-electron chi connectivity index (χ3n) is 4.82. The average Bonchev–Trinajstić information content (AvgIpc) is 3.20. The summed E-state index contributed by atoms with van der Waals surface area (Å²) in [7, 11) is 1.94. The van der Waals surface area contributed by atoms with E-state index in [9.17, 15) is 4.79 Å². The van der Waals surface area contributed by atoms with Crippen LogP contribution in [-0.2, 0) is 7.05 Å². The van der Waals surface area contributed by atoms with Gasteiger partial charge in [-0.3, -0.25) is 4.79 Å². The smallest absolute Gasteiger partial charge is 0.259 e. The zero-order valence-corrected chi connectivity index (χ0v) is 15.4. The summed E-state index contributed by atoms with van der Waals surface area (Å²) in [5.74, 6) is 0.0931. The van der Waals surface area contributed by atoms with Crippen LogP contribution in [0.1, 0.15) is 28.8 Å². The summed E-state index contributed by atoms with van der Waals surface area (Å²) in [6, 6.07) is 8.70. The number of aromatic nitrogens is 3. The molecule has 1 aliphatic rings. The second-order valence-electron chi connectivity index (χ2n) is 6.66. The van der Waals surface area contributed by atoms with E-state index >= 15 is 0 Å². The molecule has 0 atom stereocenters. The number of benzene rings is 1. The van der Waals surface area contributed by atoms with Crippen LogP contribution in [0.4, 0.5) is 0 Å². The Morgan fingerprint density at radius 3 is 2.60 bits per heavy atom. The minimum absolute atomic E-state index is 0.0931. The Bertz CT molecular complexity index is 888. The van der Waals surface area contributed by atoms with Crippen molar-refractivity contribution >= 4 is 23.3 Å². The minimum Gasteiger partial charge on any atom is -0.338 e. The van der Waals surface area contributed by atoms with Gasteiger partial charge in [0.15, 0.2) is 0 Å². The zero-order valence-electron chi connectivity index (χ0n) is 14.6. The Morgan fingerprint density at radius 2 is 1.88 bits per heavy atom. The van der Waals surface area contributed by atoms with Crippen LogP contribution < -0.4 is 0 Å². The second kappa shape index (κ2) is 6.59. The third-order valence-corrected chi connectivity index (χ3v) is 6.17. The molecule has 0 spiro atoms. The average molecular weight is 354 g/mol. The zero-order chi connectivity index (χ0) is 17.4. The first-order valence-corrected chi connectivity index (χ1v) is 9.51. The molecule has 0 aliphatic carbocycles. The molecule has 3 heterocycles. The van der Waals surface area contributed by atoms with Gasteiger partial charge in [0.05, 0.1) is 6.20 Å². The van der Waals surface area contributed by atoms with Crippen LogP contribution in [0, 0.1) is 6.92 Å². The fourth-order valence-electron chi connectivity index (χ4n) is 3.36. The van der Waals surface area contributed by atoms with Crippen LogP contribution in [0.25, 0.3) is 5.65 Å². The highest BCUT2D eigenvalue weighted by atomic mass is 32.2. The Balaban J connectivity index is 1.40. The summed E-state index contributed by atoms with van der Waals surface area (Å²) >= 11 is 1.93. The van der Waals surface area contributed by atoms with Crippen molar-refractivity contribution in [2.75, 3.05) is 13.1 Å². The molecule has 0 saturated carbocycles. The van der Waals surface area contributed by atoms with Gasteiger partial charge >= 0.3 is 0 Å². The Morgan fingerprint density at radius 1 is 1.16 bits per heavy atom. The molecular weight excluding hydrogens is 332 g/mol. The lowest BCUT2D eigenvalue weighted by Gasteiger charge is -2.31. The van der Waals surface area contributed by atoms with E-state index in [2.05, 4.69) is 36.3 Å². The largest absolute Gasteiger partial charge is 0.338 e. The van der Waals surface area contributed by atoms with Crippen LogP contribution in [-0.4, -0.2) is 43.3 Å². The van der Waals surface area contributed by atoms with Crippen molar-refractivity contribution in [3.05, 3.63) is 54.0 Å². The predicted molar refractivity (Wildman–Crippen MR) is 100 cm³/mol. The van der Waals surface area contributed by atoms with Crippen LogP contribution in [0.5, 0.6) is 0 Å². The molecule has 1 fully saturated rings. The molecule has 130 valence electrons. The molecule has 6 heteroatoms. The summed E-state index contributed by atoms with van der Waals surface area (Å²) in [5, 5.41) is 4.86. The lowest BCUT2D eigenvalue weighted by Crippen LogP contribution is -2.39. The molecule has 25 heavy (non-hydrogen) atoms. The first-order valence-electron chi connectivity index (χ1n) is 8.63. The summed E-state index contributed by atoms with van der Waals surface area (Å²) in [6.45, 7) is 3.73. The van der Waals surface area contributed by atoms with E-state index in [0.29, 0.717) is 10.8 Å². The van der Waals surface area contributed by atoms with Gasteiger partial charge in [0.25, 0.3) is 5.91 Å². The van der Waals surface area contributed by atoms with E-state index in [-0.39, 0.29) is 5.91 Å². The molecule has 0 radical (unpaired) electrons. The highest BCUT2D eigenvalue weighted by Gasteiger charge is 2.26. The number of rotatable bonds is 3. The first kappa shape index (κ1) is 16.3. The topological polar surface area (TPSA) is 42.5 Å². The minimum atomic E-state index is 0.0931. The van der Waals surface area contributed by atoms with Crippen molar-refractivity contribution in [3.63, 3.8) is 0 Å². The number of carbonyl (C=O) groups is 1. The molecule has 0 bridgehead atoms. The van der Waals surface area contributed by atoms with Crippen molar-refractivity contribution in [3.8, 4) is 0 Å². The number of aryl methyl sites for hydroxylation is 2. The molecule has 4 rings (SSSR count). The number of hydrogen-bond donors (Lipinski definition) is 0. The molecule has 2 aromatic heterocycles. The van der Waals surface area contributed by atoms with E-state index in [1.807, 2.05) is 40.7 Å². The van der Waals surface area contributed by atoms with Gasteiger partial charge in [0.2, 0.25) is 0 Å². The SMILES string of the molecule is Cc1ccc(SC2CCN(C(=O)c3cnn4ccn(C)c34)CC2)cc1. The van der Waals surface area contributed by atoms with Gasteiger partial charge in [0, 0.05) is 42.7 Å². The van der Waals surface area contributed by atoms with E-state index in [1.165, 1.54) is 10.5 Å². The van der Waals surface area contributed by atoms with Crippen molar-refractivity contribution in [1.29, 1.82) is 0 Å². The number of thioether (sulfide) groups is 1. The number of nitrogens with zero attached hydrogens (tertiary/aromatic N) is 4. The van der Waals surface area contributed by atoms with Gasteiger partial charge < -0.3 is 9.47 Å². The quantitative estimate of drug-likeness (QED) is 0.724. The molecule has 3 aromatic rings. The van der Waals surface area contributed by atoms with Crippen LogP contribution >= 0.6 is 11.8 Å². The van der Waals surface area contributed by atoms with Crippen molar-refractivity contribution < 1.29 is 4.79 Å². The van der Waals surface area contributed by atoms with Gasteiger partial charge in [-0.05, 0) is 31.9 Å². The van der Waals surface area contributed by atoms with Gasteiger partial charge in [-0.1, -0.05) is 17.7 Å². The number of imidazole rings is 1. The molecule has 1 amide bonds. The predicted octanol–water partition coefficient (Wildman–Crippen LogP) is 3.38. The summed E-state index contributed by atoms with van der Waals surface area (Å²) in [4.78, 5) is 16.2. The molecule has 1 aromatic carbocycles. The van der Waals surface area contributed by atoms with Gasteiger partial charge in [0.1, 0.15) is 11.2 Å². The molecule has 0 unspecified atom stereocenters. The van der Waals surface area contributed by atoms with Crippen LogP contribution in [0.3, 0.4) is 0 Å². The van der Waals surface area contributed by atoms with Crippen LogP contribution in [0.2, 0.25) is 0 Å². The third kappa shape index (κ3) is 3.18. The van der Waals surface area contributed by atoms with Gasteiger partial charge in [-0.25, -0.2) is 4.52 Å². The lowest BCUT2D eigenvalue weighted by atomic mass is 10.1. The number of amides is 1. The highest BCUT2D eigenvalue weighted by Crippen LogP contribution is 2.31. The van der Waals surface area contributed by atoms with E-state index < -0.39 is 0 Å². The van der Waals surface area contributed by atoms with Crippen molar-refractivity contribution in [2.45, 2.75) is 29.9 Å². The lowest BCUT2D eigenvalue weighted by molar-refractivity contribution is 0.0729. The maximum Gasteiger partial charge on any atom is 0.259 e. The number of carbonyl (C=O) groups excluding carboxylic acids is 1. The van der Waals surface area contributed by atoms with E-state index in [0.717, 1.165) is 31.6 Å². The normalized spacial score (nSPS) is 15.8. The molecule has 5 nitrogen and oxygen atoms in total. The number of fused-ring (bicyclic) bond motifs is 1. The maximum absolute atomic E-state index is 12.9. The number of likely N-dealkylation sites (tertiary alicyclic amines) is 1. The Kier molecular flexibility index (Phi) is 4.29. The fourth-order valence-corrected chi connectivity index (χ4v) is 4.48. The summed E-state index contributed by atoms with van der Waals surface area (Å²) < 4.78 is 3.70. The van der Waals surface area contributed by atoms with Crippen molar-refractivity contribution in [2.24, 2.45) is 7.05 Å². The second-order valence-corrected chi connectivity index (χ2v) is 8.03. The van der Waals surface area contributed by atoms with Crippen molar-refractivity contribution in [1.82, 2.24) is 19.1 Å². The molecule has 0 N–H and O–H groups in total. The molecular formula is C19H22N4OS. The summed E-state index contributed by atoms with van der Waals surface area (Å²) in [5.41, 5.74) is 2.84. The number of hydrogen-bond acceptors (Lipinski definition) is 3. The molecule has 1 saturated heterocycles. The van der Waals surface area contributed by atoms with E-state index in [4.69, 9.17) is 0 Å². The standard InChI is InChI=1S/C19H22N4OS/c1-14-3-5-15(6-4-14)25-16-7-9-22(10-8-16)19(24)17-13-20-23-12-11-21(2)18(17)23/h3-6,11-13,16H,7-10H2,1-2H3. The van der Waals surface area contributed by atoms with E-state index in [1.54, 1.807) is 10.7 Å². The number of piperidine rings is 1. The van der Waals surface area contributed by atoms with Gasteiger partial charge in [-0.2, -0.15) is 5.10 Å². The van der Waals surface area contributed by atoms with Crippen LogP contribution in [0.15, 0.2) is 47.8 Å². The van der Waals surface area contributed by atoms with Gasteiger partial charge in [-0.15, -0.1) is 11.8 Å². The molecule has 1 aliphatic heterocycles. The Hall–Kier alpha value is -2.21.